The largest absolute Gasteiger partial charge is 0.507 e. The molecule has 1 heterocycles. The number of nitrogens with zero attached hydrogens (tertiary/aromatic N) is 3. The Balaban J connectivity index is 1.82. The Kier molecular flexibility index (Phi) is 11.9. The molecule has 4 atom stereocenters. The number of phenolic OH excluding ortho intramolecular Hbond substituents is 2. The smallest absolute Gasteiger partial charge is 0.233 e. The molecule has 0 fully saturated rings. The fourth-order valence-corrected chi connectivity index (χ4v) is 5.75. The third kappa shape index (κ3) is 8.66. The van der Waals surface area contributed by atoms with E-state index < -0.39 is 23.8 Å². The van der Waals surface area contributed by atoms with Crippen molar-refractivity contribution in [1.82, 2.24) is 15.0 Å². The minimum absolute atomic E-state index is 0.114. The van der Waals surface area contributed by atoms with Gasteiger partial charge in [-0.2, -0.15) is 0 Å². The van der Waals surface area contributed by atoms with E-state index in [9.17, 15) is 30.6 Å². The molecule has 49 heavy (non-hydrogen) atoms. The monoisotopic (exact) mass is 675 g/mol. The maximum absolute atomic E-state index is 11.2. The Bertz CT molecular complexity index is 1640. The number of aromatic nitrogens is 3. The predicted molar refractivity (Wildman–Crippen MR) is 187 cm³/mol. The standard InChI is InChI=1S/C38H49N3O8/c1-8-10-16-37(46,25(6)42)48-27-12-14-29(31(44)20-27)34-39-35(41-36(40-34)33-23(4)18-22(3)19-24(33)5)30-15-13-28(21-32(30)45)49-38(47,26(7)43)17-11-9-2/h12-15,18-21,25-26,42-47H,8-11,16-17H2,1-7H3. The van der Waals surface area contributed by atoms with Crippen LogP contribution in [0.4, 0.5) is 0 Å². The second-order valence-electron chi connectivity index (χ2n) is 12.9. The fraction of sp³-hybridized carbons (Fsp3) is 0.447. The summed E-state index contributed by atoms with van der Waals surface area (Å²) in [4.78, 5) is 14.1. The molecule has 264 valence electrons. The lowest BCUT2D eigenvalue weighted by atomic mass is 9.99. The summed E-state index contributed by atoms with van der Waals surface area (Å²) in [5.41, 5.74) is 4.18. The van der Waals surface area contributed by atoms with Crippen molar-refractivity contribution in [3.63, 3.8) is 0 Å². The van der Waals surface area contributed by atoms with Crippen molar-refractivity contribution in [2.45, 2.75) is 111 Å². The van der Waals surface area contributed by atoms with Crippen molar-refractivity contribution in [2.75, 3.05) is 0 Å². The molecule has 6 N–H and O–H groups in total. The first-order chi connectivity index (χ1) is 23.1. The summed E-state index contributed by atoms with van der Waals surface area (Å²) in [5, 5.41) is 64.8. The molecule has 0 aliphatic carbocycles. The normalized spacial score (nSPS) is 15.2. The lowest BCUT2D eigenvalue weighted by Crippen LogP contribution is -2.46. The van der Waals surface area contributed by atoms with Gasteiger partial charge in [-0.1, -0.05) is 44.4 Å². The Morgan fingerprint density at radius 3 is 1.37 bits per heavy atom. The number of aliphatic hydroxyl groups excluding tert-OH is 2. The van der Waals surface area contributed by atoms with E-state index in [0.717, 1.165) is 35.1 Å². The van der Waals surface area contributed by atoms with Gasteiger partial charge in [0.2, 0.25) is 11.6 Å². The predicted octanol–water partition coefficient (Wildman–Crippen LogP) is 6.49. The van der Waals surface area contributed by atoms with E-state index in [0.29, 0.717) is 18.7 Å². The van der Waals surface area contributed by atoms with Gasteiger partial charge in [0.1, 0.15) is 35.2 Å². The van der Waals surface area contributed by atoms with E-state index in [1.165, 1.54) is 26.0 Å². The van der Waals surface area contributed by atoms with Crippen molar-refractivity contribution in [2.24, 2.45) is 0 Å². The summed E-state index contributed by atoms with van der Waals surface area (Å²) in [7, 11) is 0. The number of hydrogen-bond donors (Lipinski definition) is 6. The van der Waals surface area contributed by atoms with Gasteiger partial charge in [-0.25, -0.2) is 15.0 Å². The van der Waals surface area contributed by atoms with Crippen LogP contribution in [0.5, 0.6) is 23.0 Å². The topological polar surface area (TPSA) is 179 Å². The molecular weight excluding hydrogens is 626 g/mol. The highest BCUT2D eigenvalue weighted by molar-refractivity contribution is 5.74. The molecule has 3 aromatic carbocycles. The first-order valence-electron chi connectivity index (χ1n) is 16.8. The summed E-state index contributed by atoms with van der Waals surface area (Å²) in [6.45, 7) is 12.7. The summed E-state index contributed by atoms with van der Waals surface area (Å²) in [5.74, 6) is -3.32. The number of unbranched alkanes of at least 4 members (excludes halogenated alkanes) is 2. The molecule has 4 unspecified atom stereocenters. The first-order valence-corrected chi connectivity index (χ1v) is 16.8. The minimum atomic E-state index is -1.84. The Morgan fingerprint density at radius 2 is 1.02 bits per heavy atom. The molecule has 0 saturated heterocycles. The van der Waals surface area contributed by atoms with Crippen LogP contribution in [0.1, 0.15) is 82.9 Å². The van der Waals surface area contributed by atoms with Crippen LogP contribution in [-0.2, 0) is 0 Å². The number of aliphatic hydroxyl groups is 4. The number of ether oxygens (including phenoxy) is 2. The maximum Gasteiger partial charge on any atom is 0.233 e. The third-order valence-corrected chi connectivity index (χ3v) is 8.63. The molecular formula is C38H49N3O8. The first kappa shape index (κ1) is 37.5. The molecule has 0 amide bonds. The van der Waals surface area contributed by atoms with Gasteiger partial charge in [-0.15, -0.1) is 0 Å². The highest BCUT2D eigenvalue weighted by atomic mass is 16.6. The summed E-state index contributed by atoms with van der Waals surface area (Å²) >= 11 is 0. The summed E-state index contributed by atoms with van der Waals surface area (Å²) < 4.78 is 11.6. The van der Waals surface area contributed by atoms with E-state index in [1.54, 1.807) is 24.3 Å². The van der Waals surface area contributed by atoms with E-state index in [4.69, 9.17) is 19.4 Å². The zero-order chi connectivity index (χ0) is 36.1. The summed E-state index contributed by atoms with van der Waals surface area (Å²) in [6.07, 6.45) is 0.864. The number of hydrogen-bond acceptors (Lipinski definition) is 11. The van der Waals surface area contributed by atoms with Crippen LogP contribution in [0.2, 0.25) is 0 Å². The van der Waals surface area contributed by atoms with Gasteiger partial charge >= 0.3 is 0 Å². The Morgan fingerprint density at radius 1 is 0.633 bits per heavy atom. The Labute approximate surface area is 287 Å². The molecule has 0 aliphatic heterocycles. The van der Waals surface area contributed by atoms with Crippen molar-refractivity contribution in [3.8, 4) is 57.2 Å². The van der Waals surface area contributed by atoms with Crippen LogP contribution in [-0.4, -0.2) is 69.4 Å². The van der Waals surface area contributed by atoms with Crippen LogP contribution in [0.3, 0.4) is 0 Å². The molecule has 11 nitrogen and oxygen atoms in total. The second-order valence-corrected chi connectivity index (χ2v) is 12.9. The lowest BCUT2D eigenvalue weighted by Gasteiger charge is -2.31. The van der Waals surface area contributed by atoms with E-state index >= 15 is 0 Å². The molecule has 0 spiro atoms. The van der Waals surface area contributed by atoms with Gasteiger partial charge in [-0.05, 0) is 82.9 Å². The molecule has 0 saturated carbocycles. The van der Waals surface area contributed by atoms with Gasteiger partial charge in [0.15, 0.2) is 17.5 Å². The van der Waals surface area contributed by atoms with E-state index in [1.807, 2.05) is 46.8 Å². The number of rotatable bonds is 15. The summed E-state index contributed by atoms with van der Waals surface area (Å²) in [6, 6.07) is 12.9. The van der Waals surface area contributed by atoms with Gasteiger partial charge in [-0.3, -0.25) is 0 Å². The number of aryl methyl sites for hydroxylation is 3. The zero-order valence-corrected chi connectivity index (χ0v) is 29.4. The van der Waals surface area contributed by atoms with E-state index in [-0.39, 0.29) is 58.6 Å². The SMILES string of the molecule is CCCCC(O)(Oc1ccc(-c2nc(-c3ccc(OC(O)(CCCC)C(C)O)cc3O)nc(-c3c(C)cc(C)cc3C)n2)c(O)c1)C(C)O. The number of aromatic hydroxyl groups is 2. The third-order valence-electron chi connectivity index (χ3n) is 8.63. The fourth-order valence-electron chi connectivity index (χ4n) is 5.75. The molecule has 0 aliphatic rings. The quantitative estimate of drug-likeness (QED) is 0.0759. The molecule has 0 radical (unpaired) electrons. The van der Waals surface area contributed by atoms with Crippen LogP contribution in [0.25, 0.3) is 34.2 Å². The maximum atomic E-state index is 11.2. The van der Waals surface area contributed by atoms with Gasteiger partial charge in [0.05, 0.1) is 11.1 Å². The average molecular weight is 676 g/mol. The van der Waals surface area contributed by atoms with Crippen LogP contribution >= 0.6 is 0 Å². The zero-order valence-electron chi connectivity index (χ0n) is 29.4. The van der Waals surface area contributed by atoms with Crippen LogP contribution in [0, 0.1) is 20.8 Å². The highest BCUT2D eigenvalue weighted by Gasteiger charge is 2.36. The molecule has 0 bridgehead atoms. The van der Waals surface area contributed by atoms with E-state index in [2.05, 4.69) is 4.98 Å². The van der Waals surface area contributed by atoms with Crippen LogP contribution < -0.4 is 9.47 Å². The number of phenols is 2. The van der Waals surface area contributed by atoms with Crippen molar-refractivity contribution in [3.05, 3.63) is 65.2 Å². The number of benzene rings is 3. The Hall–Kier alpha value is -4.29. The molecule has 4 rings (SSSR count). The van der Waals surface area contributed by atoms with Crippen molar-refractivity contribution in [1.29, 1.82) is 0 Å². The highest BCUT2D eigenvalue weighted by Crippen LogP contribution is 2.38. The molecule has 11 heteroatoms. The van der Waals surface area contributed by atoms with Crippen LogP contribution in [0.15, 0.2) is 48.5 Å². The van der Waals surface area contributed by atoms with Gasteiger partial charge < -0.3 is 40.1 Å². The average Bonchev–Trinajstić information content (AvgIpc) is 3.02. The molecule has 4 aromatic rings. The van der Waals surface area contributed by atoms with Gasteiger partial charge in [0, 0.05) is 30.5 Å². The second kappa shape index (κ2) is 15.5. The molecule has 1 aromatic heterocycles. The lowest BCUT2D eigenvalue weighted by molar-refractivity contribution is -0.204. The minimum Gasteiger partial charge on any atom is -0.507 e. The van der Waals surface area contributed by atoms with Crippen molar-refractivity contribution < 1.29 is 40.1 Å². The van der Waals surface area contributed by atoms with Gasteiger partial charge in [0.25, 0.3) is 0 Å². The van der Waals surface area contributed by atoms with Crippen molar-refractivity contribution >= 4 is 0 Å².